The Hall–Kier alpha value is -0.820. The summed E-state index contributed by atoms with van der Waals surface area (Å²) < 4.78 is 50.6. The molecule has 2 N–H and O–H groups in total. The van der Waals surface area contributed by atoms with E-state index in [2.05, 4.69) is 15.9 Å². The van der Waals surface area contributed by atoms with Gasteiger partial charge < -0.3 is 14.8 Å². The van der Waals surface area contributed by atoms with E-state index >= 15 is 0 Å². The maximum atomic E-state index is 14.5. The molecule has 21 heavy (non-hydrogen) atoms. The molecule has 0 aromatic heterocycles. The Labute approximate surface area is 129 Å². The standard InChI is InChI=1S/C12H15BrF2NO4P/c1-3-19-21(18,20-4-2)12(14,15)9-6-5-8(11(16)17)7-10(9)13/h5-7H,3-4H2,1-2H3,(H2,16,17). The first-order valence-electron chi connectivity index (χ1n) is 6.06. The Kier molecular flexibility index (Phi) is 6.04. The molecule has 5 nitrogen and oxygen atoms in total. The highest BCUT2D eigenvalue weighted by Gasteiger charge is 2.55. The monoisotopic (exact) mass is 385 g/mol. The molecule has 1 rings (SSSR count). The summed E-state index contributed by atoms with van der Waals surface area (Å²) in [5.41, 5.74) is 0.651. The van der Waals surface area contributed by atoms with Gasteiger partial charge in [-0.05, 0) is 26.0 Å². The molecule has 0 radical (unpaired) electrons. The Morgan fingerprint density at radius 2 is 1.86 bits per heavy atom. The smallest absolute Gasteiger partial charge is 0.366 e. The van der Waals surface area contributed by atoms with Gasteiger partial charge in [-0.1, -0.05) is 22.0 Å². The Morgan fingerprint density at radius 1 is 1.33 bits per heavy atom. The van der Waals surface area contributed by atoms with Crippen molar-refractivity contribution in [3.63, 3.8) is 0 Å². The minimum absolute atomic E-state index is 0.0454. The molecule has 1 aromatic carbocycles. The molecule has 0 saturated heterocycles. The van der Waals surface area contributed by atoms with Crippen LogP contribution in [0.3, 0.4) is 0 Å². The number of primary amides is 1. The van der Waals surface area contributed by atoms with Crippen LogP contribution in [-0.2, 0) is 19.3 Å². The number of halogens is 3. The second-order valence-electron chi connectivity index (χ2n) is 3.93. The first-order chi connectivity index (χ1) is 9.69. The summed E-state index contributed by atoms with van der Waals surface area (Å²) >= 11 is 2.93. The molecule has 1 aromatic rings. The zero-order valence-corrected chi connectivity index (χ0v) is 13.9. The highest BCUT2D eigenvalue weighted by Crippen LogP contribution is 2.67. The van der Waals surface area contributed by atoms with Gasteiger partial charge in [0.2, 0.25) is 5.91 Å². The second-order valence-corrected chi connectivity index (χ2v) is 6.86. The number of amides is 1. The van der Waals surface area contributed by atoms with Gasteiger partial charge in [-0.15, -0.1) is 0 Å². The van der Waals surface area contributed by atoms with Gasteiger partial charge in [-0.25, -0.2) is 0 Å². The number of rotatable bonds is 7. The lowest BCUT2D eigenvalue weighted by molar-refractivity contribution is 0.0354. The summed E-state index contributed by atoms with van der Waals surface area (Å²) in [6.07, 6.45) is 0. The average molecular weight is 386 g/mol. The van der Waals surface area contributed by atoms with Crippen LogP contribution >= 0.6 is 23.5 Å². The van der Waals surface area contributed by atoms with Crippen molar-refractivity contribution in [1.82, 2.24) is 0 Å². The van der Waals surface area contributed by atoms with Crippen molar-refractivity contribution in [3.05, 3.63) is 33.8 Å². The predicted octanol–water partition coefficient (Wildman–Crippen LogP) is 3.86. The molecule has 0 aliphatic rings. The van der Waals surface area contributed by atoms with Gasteiger partial charge in [0.1, 0.15) is 0 Å². The van der Waals surface area contributed by atoms with E-state index in [1.807, 2.05) is 0 Å². The van der Waals surface area contributed by atoms with E-state index in [4.69, 9.17) is 14.8 Å². The summed E-state index contributed by atoms with van der Waals surface area (Å²) in [5.74, 6) is -0.761. The van der Waals surface area contributed by atoms with Crippen molar-refractivity contribution in [3.8, 4) is 0 Å². The van der Waals surface area contributed by atoms with Crippen LogP contribution in [0.1, 0.15) is 29.8 Å². The van der Waals surface area contributed by atoms with Crippen LogP contribution in [0.4, 0.5) is 8.78 Å². The van der Waals surface area contributed by atoms with Gasteiger partial charge in [-0.3, -0.25) is 9.36 Å². The largest absolute Gasteiger partial charge is 0.404 e. The molecule has 0 spiro atoms. The number of carbonyl (C=O) groups excluding carboxylic acids is 1. The van der Waals surface area contributed by atoms with Crippen molar-refractivity contribution < 1.29 is 27.2 Å². The fourth-order valence-corrected chi connectivity index (χ4v) is 3.95. The van der Waals surface area contributed by atoms with Gasteiger partial charge in [0.25, 0.3) is 0 Å². The number of hydrogen-bond donors (Lipinski definition) is 1. The van der Waals surface area contributed by atoms with E-state index in [9.17, 15) is 18.1 Å². The molecular formula is C12H15BrF2NO4P. The molecule has 0 saturated carbocycles. The summed E-state index contributed by atoms with van der Waals surface area (Å²) in [6.45, 7) is 2.49. The molecular weight excluding hydrogens is 371 g/mol. The number of hydrogen-bond acceptors (Lipinski definition) is 4. The maximum Gasteiger partial charge on any atom is 0.404 e. The third kappa shape index (κ3) is 3.69. The average Bonchev–Trinajstić information content (AvgIpc) is 2.38. The van der Waals surface area contributed by atoms with Gasteiger partial charge in [0, 0.05) is 15.6 Å². The zero-order chi connectivity index (χ0) is 16.3. The van der Waals surface area contributed by atoms with Gasteiger partial charge in [0.15, 0.2) is 0 Å². The highest BCUT2D eigenvalue weighted by atomic mass is 79.9. The van der Waals surface area contributed by atoms with Gasteiger partial charge in [-0.2, -0.15) is 8.78 Å². The molecule has 0 unspecified atom stereocenters. The third-order valence-corrected chi connectivity index (χ3v) is 5.30. The first kappa shape index (κ1) is 18.2. The first-order valence-corrected chi connectivity index (χ1v) is 8.40. The Bertz CT molecular complexity index is 572. The molecule has 0 atom stereocenters. The van der Waals surface area contributed by atoms with E-state index in [1.54, 1.807) is 0 Å². The third-order valence-electron chi connectivity index (χ3n) is 2.52. The molecule has 0 heterocycles. The van der Waals surface area contributed by atoms with Crippen LogP contribution in [0.2, 0.25) is 0 Å². The molecule has 1 amide bonds. The fourth-order valence-electron chi connectivity index (χ4n) is 1.60. The van der Waals surface area contributed by atoms with Crippen LogP contribution < -0.4 is 5.73 Å². The van der Waals surface area contributed by atoms with Crippen molar-refractivity contribution in [2.24, 2.45) is 5.73 Å². The topological polar surface area (TPSA) is 78.6 Å². The van der Waals surface area contributed by atoms with Crippen LogP contribution in [0.5, 0.6) is 0 Å². The zero-order valence-electron chi connectivity index (χ0n) is 11.4. The fraction of sp³-hybridized carbons (Fsp3) is 0.417. The summed E-state index contributed by atoms with van der Waals surface area (Å²) in [7, 11) is -4.69. The highest BCUT2D eigenvalue weighted by molar-refractivity contribution is 9.10. The summed E-state index contributed by atoms with van der Waals surface area (Å²) in [5, 5.41) is 0. The SMILES string of the molecule is CCOP(=O)(OCC)C(F)(F)c1ccc(C(N)=O)cc1Br. The minimum atomic E-state index is -4.69. The Balaban J connectivity index is 3.34. The molecule has 0 bridgehead atoms. The Morgan fingerprint density at radius 3 is 2.24 bits per heavy atom. The normalized spacial score (nSPS) is 12.4. The van der Waals surface area contributed by atoms with Crippen LogP contribution in [0.15, 0.2) is 22.7 Å². The van der Waals surface area contributed by atoms with E-state index in [-0.39, 0.29) is 23.2 Å². The van der Waals surface area contributed by atoms with Gasteiger partial charge >= 0.3 is 13.3 Å². The molecule has 9 heteroatoms. The van der Waals surface area contributed by atoms with Crippen molar-refractivity contribution in [1.29, 1.82) is 0 Å². The van der Waals surface area contributed by atoms with E-state index < -0.39 is 24.7 Å². The van der Waals surface area contributed by atoms with Crippen molar-refractivity contribution in [2.45, 2.75) is 19.5 Å². The number of benzene rings is 1. The minimum Gasteiger partial charge on any atom is -0.366 e. The van der Waals surface area contributed by atoms with Crippen molar-refractivity contribution in [2.75, 3.05) is 13.2 Å². The molecule has 0 aliphatic heterocycles. The van der Waals surface area contributed by atoms with Crippen LogP contribution in [0.25, 0.3) is 0 Å². The number of alkyl halides is 2. The molecule has 0 fully saturated rings. The molecule has 0 aliphatic carbocycles. The van der Waals surface area contributed by atoms with Crippen molar-refractivity contribution >= 4 is 29.4 Å². The second kappa shape index (κ2) is 6.96. The van der Waals surface area contributed by atoms with Gasteiger partial charge in [0.05, 0.1) is 13.2 Å². The van der Waals surface area contributed by atoms with E-state index in [0.717, 1.165) is 18.2 Å². The predicted molar refractivity (Wildman–Crippen MR) is 77.4 cm³/mol. The lowest BCUT2D eigenvalue weighted by atomic mass is 10.1. The quantitative estimate of drug-likeness (QED) is 0.722. The maximum absolute atomic E-state index is 14.5. The van der Waals surface area contributed by atoms with Crippen LogP contribution in [-0.4, -0.2) is 19.1 Å². The number of nitrogens with two attached hydrogens (primary N) is 1. The van der Waals surface area contributed by atoms with E-state index in [0.29, 0.717) is 0 Å². The number of carbonyl (C=O) groups is 1. The molecule has 118 valence electrons. The van der Waals surface area contributed by atoms with E-state index in [1.165, 1.54) is 13.8 Å². The summed E-state index contributed by atoms with van der Waals surface area (Å²) in [6, 6.07) is 3.22. The summed E-state index contributed by atoms with van der Waals surface area (Å²) in [4.78, 5) is 11.0. The lowest BCUT2D eigenvalue weighted by Gasteiger charge is -2.26. The van der Waals surface area contributed by atoms with Crippen LogP contribution in [0, 0.1) is 0 Å². The lowest BCUT2D eigenvalue weighted by Crippen LogP contribution is -2.19.